The van der Waals surface area contributed by atoms with Crippen LogP contribution in [0.4, 0.5) is 0 Å². The summed E-state index contributed by atoms with van der Waals surface area (Å²) >= 11 is 0. The Balaban J connectivity index is 0.000000848. The van der Waals surface area contributed by atoms with Crippen molar-refractivity contribution in [3.63, 3.8) is 0 Å². The Kier molecular flexibility index (Phi) is 66.6. The minimum absolute atomic E-state index is 0. The van der Waals surface area contributed by atoms with E-state index in [2.05, 4.69) is 236 Å². The molecule has 812 valence electrons. The summed E-state index contributed by atoms with van der Waals surface area (Å²) in [5, 5.41) is 41.3. The van der Waals surface area contributed by atoms with Crippen molar-refractivity contribution in [1.82, 2.24) is 39.9 Å². The molecule has 0 aliphatic carbocycles. The molecule has 4 radical (unpaired) electrons. The van der Waals surface area contributed by atoms with E-state index in [0.29, 0.717) is 17.8 Å². The standard InChI is InChI=1S/3C20H21N2.C16H13N2.4C13H24O2.4Ir/c1-13(2)7-16-5-6-17-12-21-20(22-19(17)11-16)18-9-14(3)8-15(4)10-18;1-13(2)8-16-6-5-7-19-18(16)12-21-20(22-19)17-10-14(3)9-15(4)11-17;1-13(2)8-16-6-5-7-18-20(16)21-12-19(22-18)17-10-14(3)9-15(4)11-17;1-11-7-12(2)9-13(8-11)16-10-17-14-5-3-4-6-15(14)18-16;4*1-5-10(6-2)12(14)9-13(15)11(7-3)8-4;;;;/h5-6,8-9,11-13H,7H2,1-4H3;2*5-7,9-10,12-13H,8H2,1-4H3;3-8,10H,1-2H3;4*9-11,14H,5-8H2,1-4H3;;;;/q4*-1;;;;;;;;. The van der Waals surface area contributed by atoms with E-state index in [0.717, 1.165) is 233 Å². The Morgan fingerprint density at radius 1 is 0.284 bits per heavy atom. The van der Waals surface area contributed by atoms with Crippen LogP contribution in [-0.4, -0.2) is 83.4 Å². The van der Waals surface area contributed by atoms with Crippen LogP contribution in [0.5, 0.6) is 0 Å². The maximum absolute atomic E-state index is 11.7. The van der Waals surface area contributed by atoms with Gasteiger partial charge < -0.3 is 20.4 Å². The van der Waals surface area contributed by atoms with Gasteiger partial charge in [-0.25, -0.2) is 0 Å². The number of allylic oxidation sites excluding steroid dienone is 8. The molecule has 12 aromatic rings. The molecule has 16 nitrogen and oxygen atoms in total. The van der Waals surface area contributed by atoms with Crippen molar-refractivity contribution < 1.29 is 120 Å². The molecule has 0 aliphatic heterocycles. The van der Waals surface area contributed by atoms with Crippen molar-refractivity contribution >= 4 is 67.0 Å². The van der Waals surface area contributed by atoms with Crippen LogP contribution in [0.25, 0.3) is 89.2 Å². The molecule has 8 aromatic carbocycles. The smallest absolute Gasteiger partial charge is 0.162 e. The van der Waals surface area contributed by atoms with Crippen molar-refractivity contribution in [3.05, 3.63) is 285 Å². The molecule has 0 fully saturated rings. The van der Waals surface area contributed by atoms with Crippen LogP contribution in [0.1, 0.15) is 316 Å². The van der Waals surface area contributed by atoms with Gasteiger partial charge in [-0.2, -0.15) is 0 Å². The third-order valence-electron chi connectivity index (χ3n) is 26.3. The summed E-state index contributed by atoms with van der Waals surface area (Å²) in [5.74, 6) is 5.57. The number of benzene rings is 8. The third-order valence-corrected chi connectivity index (χ3v) is 26.3. The van der Waals surface area contributed by atoms with Crippen LogP contribution >= 0.6 is 0 Å². The van der Waals surface area contributed by atoms with E-state index in [4.69, 9.17) is 15.0 Å². The number of carbonyl (C=O) groups excluding carboxylic acids is 4. The van der Waals surface area contributed by atoms with Gasteiger partial charge in [-0.3, -0.25) is 59.0 Å². The van der Waals surface area contributed by atoms with Gasteiger partial charge in [0.05, 0.1) is 67.8 Å². The number of nitrogens with zero attached hydrogens (tertiary/aromatic N) is 8. The number of aliphatic hydroxyl groups excluding tert-OH is 4. The fourth-order valence-corrected chi connectivity index (χ4v) is 17.8. The molecule has 0 bridgehead atoms. The minimum atomic E-state index is 0. The average molecular weight is 2720 g/mol. The zero-order chi connectivity index (χ0) is 107. The van der Waals surface area contributed by atoms with Crippen LogP contribution in [0.3, 0.4) is 0 Å². The van der Waals surface area contributed by atoms with E-state index in [1.807, 2.05) is 173 Å². The Labute approximate surface area is 944 Å². The van der Waals surface area contributed by atoms with E-state index in [1.54, 1.807) is 0 Å². The molecular weight excluding hydrogens is 2550 g/mol. The van der Waals surface area contributed by atoms with Crippen LogP contribution < -0.4 is 0 Å². The maximum Gasteiger partial charge on any atom is 0.162 e. The van der Waals surface area contributed by atoms with Gasteiger partial charge in [0.15, 0.2) is 23.1 Å². The molecule has 148 heavy (non-hydrogen) atoms. The quantitative estimate of drug-likeness (QED) is 0.0159. The number of aryl methyl sites for hydroxylation is 8. The van der Waals surface area contributed by atoms with Gasteiger partial charge in [0.1, 0.15) is 0 Å². The number of carbonyl (C=O) groups is 4. The second kappa shape index (κ2) is 72.1. The summed E-state index contributed by atoms with van der Waals surface area (Å²) < 4.78 is 0. The van der Waals surface area contributed by atoms with Gasteiger partial charge in [-0.05, 0) is 187 Å². The third kappa shape index (κ3) is 45.6. The van der Waals surface area contributed by atoms with Crippen molar-refractivity contribution in [1.29, 1.82) is 0 Å². The van der Waals surface area contributed by atoms with Crippen LogP contribution in [-0.2, 0) is 119 Å². The van der Waals surface area contributed by atoms with Crippen molar-refractivity contribution in [2.75, 3.05) is 0 Å². The average Bonchev–Trinajstić information content (AvgIpc) is 0.801. The Morgan fingerprint density at radius 2 is 0.581 bits per heavy atom. The number of hydrogen-bond acceptors (Lipinski definition) is 16. The number of aliphatic hydroxyl groups is 4. The zero-order valence-electron chi connectivity index (χ0n) is 94.4. The molecule has 0 atom stereocenters. The van der Waals surface area contributed by atoms with Crippen LogP contribution in [0, 0.1) is 145 Å². The molecule has 12 rings (SSSR count). The number of aromatic nitrogens is 8. The van der Waals surface area contributed by atoms with Crippen molar-refractivity contribution in [2.45, 2.75) is 330 Å². The van der Waals surface area contributed by atoms with E-state index in [1.165, 1.54) is 63.2 Å². The number of ketones is 4. The summed E-state index contributed by atoms with van der Waals surface area (Å²) in [4.78, 5) is 84.0. The van der Waals surface area contributed by atoms with Gasteiger partial charge in [0.2, 0.25) is 0 Å². The van der Waals surface area contributed by atoms with Crippen LogP contribution in [0.2, 0.25) is 0 Å². The maximum atomic E-state index is 11.7. The van der Waals surface area contributed by atoms with Gasteiger partial charge >= 0.3 is 0 Å². The Bertz CT molecular complexity index is 5660. The zero-order valence-corrected chi connectivity index (χ0v) is 104. The molecule has 20 heteroatoms. The SMILES string of the molecule is CCC(CC)C(=O)C=C(O)C(CC)CC.CCC(CC)C(=O)C=C(O)C(CC)CC.CCC(CC)C(=O)C=C(O)C(CC)CC.CCC(CC)C(=O)C=C(O)C(CC)CC.Cc1[c-]c(-c2cnc3c(CC(C)C)cccc3n2)cc(C)c1.Cc1[c-]c(-c2cnc3ccccc3n2)cc(C)c1.Cc1[c-]c(-c2ncc3c(CC(C)C)cccc3n2)cc(C)c1.Cc1[c-]c(-c2ncc3ccc(CC(C)C)cc3n2)cc(C)c1.[Ir].[Ir].[Ir].[Ir]. The molecule has 4 heterocycles. The van der Waals surface area contributed by atoms with Crippen molar-refractivity contribution in [2.24, 2.45) is 65.1 Å². The number of para-hydroxylation sites is 3. The topological polar surface area (TPSA) is 252 Å². The molecule has 0 amide bonds. The van der Waals surface area contributed by atoms with Crippen molar-refractivity contribution in [3.8, 4) is 45.3 Å². The second-order valence-corrected chi connectivity index (χ2v) is 39.7. The van der Waals surface area contributed by atoms with E-state index in [-0.39, 0.29) is 174 Å². The predicted molar refractivity (Wildman–Crippen MR) is 604 cm³/mol. The van der Waals surface area contributed by atoms with Gasteiger partial charge in [0, 0.05) is 199 Å². The fraction of sp³-hybridized carbons (Fsp3) is 0.469. The second-order valence-electron chi connectivity index (χ2n) is 39.7. The molecule has 0 aliphatic rings. The normalized spacial score (nSPS) is 11.4. The number of hydrogen-bond donors (Lipinski definition) is 4. The molecule has 4 aromatic heterocycles. The first-order valence-electron chi connectivity index (χ1n) is 53.5. The summed E-state index contributed by atoms with van der Waals surface area (Å²) in [6.45, 7) is 62.3. The minimum Gasteiger partial charge on any atom is -0.512 e. The number of fused-ring (bicyclic) bond motifs is 4. The Hall–Kier alpha value is -9.44. The molecule has 0 saturated heterocycles. The summed E-state index contributed by atoms with van der Waals surface area (Å²) in [6.07, 6.45) is 30.3. The molecular formula is C128H172Ir4N8O8-4. The van der Waals surface area contributed by atoms with Crippen LogP contribution in [0.15, 0.2) is 200 Å². The fourth-order valence-electron chi connectivity index (χ4n) is 17.8. The summed E-state index contributed by atoms with van der Waals surface area (Å²) in [5.41, 5.74) is 24.8. The Morgan fingerprint density at radius 3 is 0.932 bits per heavy atom. The van der Waals surface area contributed by atoms with E-state index >= 15 is 0 Å². The summed E-state index contributed by atoms with van der Waals surface area (Å²) in [6, 6.07) is 57.2. The largest absolute Gasteiger partial charge is 0.512 e. The molecule has 0 unspecified atom stereocenters. The van der Waals surface area contributed by atoms with E-state index in [9.17, 15) is 39.6 Å². The summed E-state index contributed by atoms with van der Waals surface area (Å²) in [7, 11) is 0. The van der Waals surface area contributed by atoms with Gasteiger partial charge in [-0.15, -0.1) is 140 Å². The first-order chi connectivity index (χ1) is 68.7. The molecule has 0 spiro atoms. The number of rotatable bonds is 38. The van der Waals surface area contributed by atoms with Gasteiger partial charge in [0.25, 0.3) is 0 Å². The molecule has 4 N–H and O–H groups in total. The first kappa shape index (κ1) is 137. The monoisotopic (exact) mass is 2720 g/mol. The van der Waals surface area contributed by atoms with E-state index < -0.39 is 0 Å². The van der Waals surface area contributed by atoms with Gasteiger partial charge in [-0.1, -0.05) is 256 Å². The predicted octanol–water partition coefficient (Wildman–Crippen LogP) is 33.9. The molecule has 0 saturated carbocycles. The first-order valence-corrected chi connectivity index (χ1v) is 53.5.